The van der Waals surface area contributed by atoms with E-state index in [4.69, 9.17) is 0 Å². The van der Waals surface area contributed by atoms with E-state index >= 15 is 0 Å². The van der Waals surface area contributed by atoms with Crippen LogP contribution in [0.25, 0.3) is 0 Å². The second-order valence-electron chi connectivity index (χ2n) is 3.87. The standard InChI is InChI=1S/C14H19NO2/c1-4-12(13(16)5-2)14(17)15(3)11-9-7-6-8-10-11/h4,6-10,13,16H,5H2,1-3H3/b12-4+. The smallest absolute Gasteiger partial charge is 0.256 e. The minimum atomic E-state index is -0.696. The Morgan fingerprint density at radius 3 is 2.47 bits per heavy atom. The molecule has 1 atom stereocenters. The normalized spacial score (nSPS) is 13.3. The van der Waals surface area contributed by atoms with Gasteiger partial charge >= 0.3 is 0 Å². The number of likely N-dealkylation sites (N-methyl/N-ethyl adjacent to an activating group) is 1. The first-order valence-corrected chi connectivity index (χ1v) is 5.79. The van der Waals surface area contributed by atoms with Gasteiger partial charge in [-0.05, 0) is 25.5 Å². The number of hydrogen-bond donors (Lipinski definition) is 1. The molecule has 0 saturated heterocycles. The summed E-state index contributed by atoms with van der Waals surface area (Å²) in [7, 11) is 1.71. The van der Waals surface area contributed by atoms with Crippen LogP contribution < -0.4 is 4.90 Å². The molecule has 3 nitrogen and oxygen atoms in total. The zero-order valence-electron chi connectivity index (χ0n) is 10.6. The van der Waals surface area contributed by atoms with E-state index in [0.29, 0.717) is 12.0 Å². The average Bonchev–Trinajstić information content (AvgIpc) is 2.39. The van der Waals surface area contributed by atoms with Gasteiger partial charge in [-0.15, -0.1) is 0 Å². The third kappa shape index (κ3) is 3.17. The molecule has 3 heteroatoms. The predicted molar refractivity (Wildman–Crippen MR) is 69.9 cm³/mol. The van der Waals surface area contributed by atoms with Gasteiger partial charge in [0, 0.05) is 18.3 Å². The Morgan fingerprint density at radius 1 is 1.41 bits per heavy atom. The Kier molecular flexibility index (Phi) is 4.91. The summed E-state index contributed by atoms with van der Waals surface area (Å²) in [6.07, 6.45) is 1.52. The molecule has 0 saturated carbocycles. The first kappa shape index (κ1) is 13.5. The maximum atomic E-state index is 12.2. The van der Waals surface area contributed by atoms with Crippen LogP contribution in [0.5, 0.6) is 0 Å². The highest BCUT2D eigenvalue weighted by Crippen LogP contribution is 2.16. The summed E-state index contributed by atoms with van der Waals surface area (Å²) in [5.74, 6) is -0.159. The summed E-state index contributed by atoms with van der Waals surface area (Å²) in [6, 6.07) is 9.39. The molecule has 0 aliphatic carbocycles. The van der Waals surface area contributed by atoms with Crippen molar-refractivity contribution in [1.82, 2.24) is 0 Å². The van der Waals surface area contributed by atoms with Crippen LogP contribution in [0.3, 0.4) is 0 Å². The quantitative estimate of drug-likeness (QED) is 0.811. The minimum Gasteiger partial charge on any atom is -0.388 e. The first-order chi connectivity index (χ1) is 8.11. The fourth-order valence-corrected chi connectivity index (χ4v) is 1.64. The summed E-state index contributed by atoms with van der Waals surface area (Å²) >= 11 is 0. The van der Waals surface area contributed by atoms with E-state index in [0.717, 1.165) is 5.69 Å². The van der Waals surface area contributed by atoms with E-state index < -0.39 is 6.10 Å². The Morgan fingerprint density at radius 2 is 2.00 bits per heavy atom. The molecule has 1 rings (SSSR count). The zero-order valence-corrected chi connectivity index (χ0v) is 10.6. The average molecular weight is 233 g/mol. The van der Waals surface area contributed by atoms with Crippen molar-refractivity contribution in [3.63, 3.8) is 0 Å². The lowest BCUT2D eigenvalue weighted by molar-refractivity contribution is -0.115. The Hall–Kier alpha value is -1.61. The van der Waals surface area contributed by atoms with Crippen LogP contribution >= 0.6 is 0 Å². The molecule has 1 N–H and O–H groups in total. The van der Waals surface area contributed by atoms with Crippen LogP contribution in [0.4, 0.5) is 5.69 Å². The van der Waals surface area contributed by atoms with Gasteiger partial charge in [-0.3, -0.25) is 4.79 Å². The van der Waals surface area contributed by atoms with Crippen LogP contribution in [-0.4, -0.2) is 24.2 Å². The Balaban J connectivity index is 2.90. The molecule has 0 radical (unpaired) electrons. The van der Waals surface area contributed by atoms with Gasteiger partial charge in [0.15, 0.2) is 0 Å². The lowest BCUT2D eigenvalue weighted by atomic mass is 10.1. The molecule has 0 fully saturated rings. The number of allylic oxidation sites excluding steroid dienone is 1. The predicted octanol–water partition coefficient (Wildman–Crippen LogP) is 2.37. The van der Waals surface area contributed by atoms with Crippen LogP contribution in [0.2, 0.25) is 0 Å². The van der Waals surface area contributed by atoms with Crippen molar-refractivity contribution in [2.24, 2.45) is 0 Å². The lowest BCUT2D eigenvalue weighted by Gasteiger charge is -2.21. The van der Waals surface area contributed by atoms with Crippen molar-refractivity contribution in [1.29, 1.82) is 0 Å². The van der Waals surface area contributed by atoms with Gasteiger partial charge in [0.1, 0.15) is 0 Å². The van der Waals surface area contributed by atoms with Crippen LogP contribution in [0.15, 0.2) is 42.0 Å². The van der Waals surface area contributed by atoms with Gasteiger partial charge in [0.25, 0.3) is 5.91 Å². The largest absolute Gasteiger partial charge is 0.388 e. The summed E-state index contributed by atoms with van der Waals surface area (Å²) < 4.78 is 0. The first-order valence-electron chi connectivity index (χ1n) is 5.79. The number of carbonyl (C=O) groups excluding carboxylic acids is 1. The molecule has 17 heavy (non-hydrogen) atoms. The SMILES string of the molecule is C/C=C(/C(=O)N(C)c1ccccc1)C(O)CC. The van der Waals surface area contributed by atoms with E-state index in [1.165, 1.54) is 0 Å². The van der Waals surface area contributed by atoms with Gasteiger partial charge < -0.3 is 10.0 Å². The molecule has 92 valence electrons. The third-order valence-electron chi connectivity index (χ3n) is 2.75. The summed E-state index contributed by atoms with van der Waals surface area (Å²) in [6.45, 7) is 3.62. The van der Waals surface area contributed by atoms with Crippen molar-refractivity contribution in [3.05, 3.63) is 42.0 Å². The Bertz CT molecular complexity index is 398. The van der Waals surface area contributed by atoms with Crippen LogP contribution in [0, 0.1) is 0 Å². The molecule has 0 bridgehead atoms. The number of benzene rings is 1. The monoisotopic (exact) mass is 233 g/mol. The molecule has 0 heterocycles. The van der Waals surface area contributed by atoms with E-state index in [2.05, 4.69) is 0 Å². The fraction of sp³-hybridized carbons (Fsp3) is 0.357. The highest BCUT2D eigenvalue weighted by atomic mass is 16.3. The molecule has 1 aromatic carbocycles. The van der Waals surface area contributed by atoms with Crippen LogP contribution in [0.1, 0.15) is 20.3 Å². The number of para-hydroxylation sites is 1. The van der Waals surface area contributed by atoms with E-state index in [-0.39, 0.29) is 5.91 Å². The summed E-state index contributed by atoms with van der Waals surface area (Å²) in [5.41, 5.74) is 1.26. The fourth-order valence-electron chi connectivity index (χ4n) is 1.64. The van der Waals surface area contributed by atoms with Gasteiger partial charge in [-0.25, -0.2) is 0 Å². The van der Waals surface area contributed by atoms with Crippen molar-refractivity contribution < 1.29 is 9.90 Å². The highest BCUT2D eigenvalue weighted by molar-refractivity contribution is 6.05. The molecule has 0 spiro atoms. The third-order valence-corrected chi connectivity index (χ3v) is 2.75. The number of aliphatic hydroxyl groups is 1. The van der Waals surface area contributed by atoms with Gasteiger partial charge in [-0.1, -0.05) is 31.2 Å². The number of carbonyl (C=O) groups is 1. The minimum absolute atomic E-state index is 0.159. The molecular formula is C14H19NO2. The molecule has 0 aromatic heterocycles. The summed E-state index contributed by atoms with van der Waals surface area (Å²) in [5, 5.41) is 9.77. The van der Waals surface area contributed by atoms with Gasteiger partial charge in [0.05, 0.1) is 6.10 Å². The topological polar surface area (TPSA) is 40.5 Å². The summed E-state index contributed by atoms with van der Waals surface area (Å²) in [4.78, 5) is 13.7. The lowest BCUT2D eigenvalue weighted by Crippen LogP contribution is -2.32. The number of hydrogen-bond acceptors (Lipinski definition) is 2. The molecule has 1 amide bonds. The molecular weight excluding hydrogens is 214 g/mol. The number of amides is 1. The Labute approximate surface area is 102 Å². The van der Waals surface area contributed by atoms with Crippen molar-refractivity contribution in [2.75, 3.05) is 11.9 Å². The van der Waals surface area contributed by atoms with Crippen molar-refractivity contribution in [2.45, 2.75) is 26.4 Å². The van der Waals surface area contributed by atoms with Gasteiger partial charge in [-0.2, -0.15) is 0 Å². The number of nitrogens with zero attached hydrogens (tertiary/aromatic N) is 1. The molecule has 1 unspecified atom stereocenters. The van der Waals surface area contributed by atoms with E-state index in [1.807, 2.05) is 37.3 Å². The molecule has 1 aromatic rings. The molecule has 0 aliphatic rings. The maximum absolute atomic E-state index is 12.2. The number of rotatable bonds is 4. The molecule has 0 aliphatic heterocycles. The second-order valence-corrected chi connectivity index (χ2v) is 3.87. The van der Waals surface area contributed by atoms with Crippen molar-refractivity contribution >= 4 is 11.6 Å². The number of anilines is 1. The van der Waals surface area contributed by atoms with Crippen LogP contribution in [-0.2, 0) is 4.79 Å². The maximum Gasteiger partial charge on any atom is 0.256 e. The zero-order chi connectivity index (χ0) is 12.8. The second kappa shape index (κ2) is 6.21. The van der Waals surface area contributed by atoms with E-state index in [9.17, 15) is 9.90 Å². The highest BCUT2D eigenvalue weighted by Gasteiger charge is 2.20. The van der Waals surface area contributed by atoms with Gasteiger partial charge in [0.2, 0.25) is 0 Å². The van der Waals surface area contributed by atoms with Crippen molar-refractivity contribution in [3.8, 4) is 0 Å². The number of aliphatic hydroxyl groups excluding tert-OH is 1. The van der Waals surface area contributed by atoms with E-state index in [1.54, 1.807) is 24.9 Å².